The van der Waals surface area contributed by atoms with Gasteiger partial charge < -0.3 is 15.0 Å². The van der Waals surface area contributed by atoms with E-state index in [2.05, 4.69) is 10.7 Å². The minimum Gasteiger partial charge on any atom is -0.497 e. The van der Waals surface area contributed by atoms with Crippen molar-refractivity contribution >= 4 is 0 Å². The van der Waals surface area contributed by atoms with E-state index in [-0.39, 0.29) is 6.04 Å². The Labute approximate surface area is 94.7 Å². The highest BCUT2D eigenvalue weighted by molar-refractivity contribution is 5.30. The minimum absolute atomic E-state index is 0.0471. The first-order valence-corrected chi connectivity index (χ1v) is 5.16. The van der Waals surface area contributed by atoms with Gasteiger partial charge in [-0.3, -0.25) is 0 Å². The second-order valence-electron chi connectivity index (χ2n) is 3.72. The van der Waals surface area contributed by atoms with Gasteiger partial charge in [-0.15, -0.1) is 0 Å². The van der Waals surface area contributed by atoms with Gasteiger partial charge in [-0.05, 0) is 24.3 Å². The van der Waals surface area contributed by atoms with Gasteiger partial charge in [0.15, 0.2) is 11.9 Å². The monoisotopic (exact) mass is 218 g/mol. The van der Waals surface area contributed by atoms with Gasteiger partial charge in [0.25, 0.3) is 0 Å². The number of imidazole rings is 1. The van der Waals surface area contributed by atoms with Crippen molar-refractivity contribution in [2.24, 2.45) is 7.05 Å². The number of methoxy groups -OCH3 is 1. The molecule has 2 rings (SSSR count). The van der Waals surface area contributed by atoms with Crippen LogP contribution in [0.5, 0.6) is 5.75 Å². The Bertz CT molecular complexity index is 461. The zero-order valence-electron chi connectivity index (χ0n) is 9.55. The molecule has 0 amide bonds. The highest BCUT2D eigenvalue weighted by atomic mass is 16.5. The molecule has 1 aromatic heterocycles. The van der Waals surface area contributed by atoms with Crippen LogP contribution < -0.4 is 10.5 Å². The van der Waals surface area contributed by atoms with E-state index in [0.29, 0.717) is 0 Å². The maximum absolute atomic E-state index is 5.12. The van der Waals surface area contributed by atoms with Crippen molar-refractivity contribution in [1.82, 2.24) is 9.55 Å². The molecule has 2 aromatic rings. The number of nitrogens with zero attached hydrogens (tertiary/aromatic N) is 2. The SMILES string of the molecule is COc1ccc([C@H]([NH3+])c2nccn2C)cc1. The molecule has 0 radical (unpaired) electrons. The Morgan fingerprint density at radius 1 is 1.31 bits per heavy atom. The number of hydrogen-bond donors (Lipinski definition) is 1. The summed E-state index contributed by atoms with van der Waals surface area (Å²) in [7, 11) is 3.64. The molecule has 3 N–H and O–H groups in total. The molecule has 0 aliphatic heterocycles. The van der Waals surface area contributed by atoms with Crippen molar-refractivity contribution in [2.45, 2.75) is 6.04 Å². The fourth-order valence-electron chi connectivity index (χ4n) is 1.70. The second kappa shape index (κ2) is 4.37. The van der Waals surface area contributed by atoms with E-state index in [4.69, 9.17) is 4.74 Å². The van der Waals surface area contributed by atoms with Crippen molar-refractivity contribution in [3.8, 4) is 5.75 Å². The lowest BCUT2D eigenvalue weighted by atomic mass is 10.1. The highest BCUT2D eigenvalue weighted by Gasteiger charge is 2.16. The van der Waals surface area contributed by atoms with Crippen LogP contribution in [0.2, 0.25) is 0 Å². The van der Waals surface area contributed by atoms with Gasteiger partial charge in [0.1, 0.15) is 5.75 Å². The van der Waals surface area contributed by atoms with Gasteiger partial charge in [-0.2, -0.15) is 0 Å². The third-order valence-corrected chi connectivity index (χ3v) is 2.69. The van der Waals surface area contributed by atoms with Crippen molar-refractivity contribution in [3.63, 3.8) is 0 Å². The van der Waals surface area contributed by atoms with Gasteiger partial charge >= 0.3 is 0 Å². The summed E-state index contributed by atoms with van der Waals surface area (Å²) in [4.78, 5) is 4.30. The van der Waals surface area contributed by atoms with Crippen molar-refractivity contribution in [3.05, 3.63) is 48.0 Å². The third-order valence-electron chi connectivity index (χ3n) is 2.69. The zero-order valence-corrected chi connectivity index (χ0v) is 9.55. The fraction of sp³-hybridized carbons (Fsp3) is 0.250. The normalized spacial score (nSPS) is 12.4. The second-order valence-corrected chi connectivity index (χ2v) is 3.72. The van der Waals surface area contributed by atoms with Crippen molar-refractivity contribution in [1.29, 1.82) is 0 Å². The zero-order chi connectivity index (χ0) is 11.5. The van der Waals surface area contributed by atoms with E-state index in [1.807, 2.05) is 42.1 Å². The molecular formula is C12H16N3O+. The molecule has 16 heavy (non-hydrogen) atoms. The molecule has 1 aromatic carbocycles. The van der Waals surface area contributed by atoms with Gasteiger partial charge in [-0.25, -0.2) is 4.98 Å². The predicted octanol–water partition coefficient (Wildman–Crippen LogP) is 0.760. The lowest BCUT2D eigenvalue weighted by Gasteiger charge is -2.09. The van der Waals surface area contributed by atoms with Crippen LogP contribution in [0.3, 0.4) is 0 Å². The van der Waals surface area contributed by atoms with E-state index in [9.17, 15) is 0 Å². The highest BCUT2D eigenvalue weighted by Crippen LogP contribution is 2.18. The van der Waals surface area contributed by atoms with Crippen LogP contribution >= 0.6 is 0 Å². The molecule has 84 valence electrons. The molecule has 0 saturated heterocycles. The smallest absolute Gasteiger partial charge is 0.172 e. The Kier molecular flexibility index (Phi) is 2.92. The number of aromatic nitrogens is 2. The molecular weight excluding hydrogens is 202 g/mol. The van der Waals surface area contributed by atoms with Crippen LogP contribution in [-0.4, -0.2) is 16.7 Å². The van der Waals surface area contributed by atoms with Gasteiger partial charge in [-0.1, -0.05) is 0 Å². The standard InChI is InChI=1S/C12H15N3O/c1-15-8-7-14-12(15)11(13)9-3-5-10(16-2)6-4-9/h3-8,11H,13H2,1-2H3/p+1/t11-/m0/s1. The summed E-state index contributed by atoms with van der Waals surface area (Å²) in [6.45, 7) is 0. The summed E-state index contributed by atoms with van der Waals surface area (Å²) >= 11 is 0. The molecule has 0 spiro atoms. The number of rotatable bonds is 3. The molecule has 0 aliphatic carbocycles. The van der Waals surface area contributed by atoms with E-state index >= 15 is 0 Å². The number of hydrogen-bond acceptors (Lipinski definition) is 2. The molecule has 4 nitrogen and oxygen atoms in total. The first kappa shape index (κ1) is 10.7. The maximum Gasteiger partial charge on any atom is 0.172 e. The third kappa shape index (κ3) is 1.92. The molecule has 0 aliphatic rings. The average molecular weight is 218 g/mol. The lowest BCUT2D eigenvalue weighted by Crippen LogP contribution is -2.54. The number of benzene rings is 1. The summed E-state index contributed by atoms with van der Waals surface area (Å²) in [6, 6.07) is 7.97. The molecule has 0 bridgehead atoms. The Morgan fingerprint density at radius 2 is 2.00 bits per heavy atom. The first-order chi connectivity index (χ1) is 7.72. The molecule has 0 fully saturated rings. The molecule has 4 heteroatoms. The van der Waals surface area contributed by atoms with Crippen LogP contribution in [0.25, 0.3) is 0 Å². The van der Waals surface area contributed by atoms with Crippen LogP contribution in [0, 0.1) is 0 Å². The van der Waals surface area contributed by atoms with Crippen LogP contribution in [0.1, 0.15) is 17.4 Å². The Balaban J connectivity index is 2.27. The largest absolute Gasteiger partial charge is 0.497 e. The predicted molar refractivity (Wildman–Crippen MR) is 60.9 cm³/mol. The molecule has 1 heterocycles. The van der Waals surface area contributed by atoms with Crippen molar-refractivity contribution in [2.75, 3.05) is 7.11 Å². The average Bonchev–Trinajstić information content (AvgIpc) is 2.75. The van der Waals surface area contributed by atoms with Crippen LogP contribution in [0.15, 0.2) is 36.7 Å². The topological polar surface area (TPSA) is 54.7 Å². The van der Waals surface area contributed by atoms with Gasteiger partial charge in [0, 0.05) is 25.0 Å². The quantitative estimate of drug-likeness (QED) is 0.827. The molecule has 1 atom stereocenters. The maximum atomic E-state index is 5.12. The van der Waals surface area contributed by atoms with E-state index < -0.39 is 0 Å². The summed E-state index contributed by atoms with van der Waals surface area (Å²) in [6.07, 6.45) is 3.72. The van der Waals surface area contributed by atoms with Gasteiger partial charge in [0.2, 0.25) is 0 Å². The summed E-state index contributed by atoms with van der Waals surface area (Å²) < 4.78 is 7.11. The number of aryl methyl sites for hydroxylation is 1. The summed E-state index contributed by atoms with van der Waals surface area (Å²) in [5.41, 5.74) is 5.28. The Morgan fingerprint density at radius 3 is 2.50 bits per heavy atom. The molecule has 0 unspecified atom stereocenters. The number of ether oxygens (including phenoxy) is 1. The summed E-state index contributed by atoms with van der Waals surface area (Å²) in [5.74, 6) is 1.82. The lowest BCUT2D eigenvalue weighted by molar-refractivity contribution is -0.414. The summed E-state index contributed by atoms with van der Waals surface area (Å²) in [5, 5.41) is 0. The van der Waals surface area contributed by atoms with E-state index in [0.717, 1.165) is 17.1 Å². The van der Waals surface area contributed by atoms with E-state index in [1.54, 1.807) is 13.3 Å². The Hall–Kier alpha value is -1.81. The first-order valence-electron chi connectivity index (χ1n) is 5.16. The molecule has 0 saturated carbocycles. The van der Waals surface area contributed by atoms with Crippen LogP contribution in [0.4, 0.5) is 0 Å². The van der Waals surface area contributed by atoms with E-state index in [1.165, 1.54) is 0 Å². The van der Waals surface area contributed by atoms with Crippen LogP contribution in [-0.2, 0) is 7.05 Å². The van der Waals surface area contributed by atoms with Gasteiger partial charge in [0.05, 0.1) is 7.11 Å². The van der Waals surface area contributed by atoms with Crippen molar-refractivity contribution < 1.29 is 10.5 Å². The minimum atomic E-state index is 0.0471. The number of quaternary nitrogens is 1. The fourth-order valence-corrected chi connectivity index (χ4v) is 1.70.